The van der Waals surface area contributed by atoms with Gasteiger partial charge in [-0.2, -0.15) is 0 Å². The molecule has 1 atom stereocenters. The second-order valence-electron chi connectivity index (χ2n) is 3.19. The molecule has 0 amide bonds. The van der Waals surface area contributed by atoms with E-state index in [0.717, 1.165) is 0 Å². The maximum Gasteiger partial charge on any atom is 0.181 e. The van der Waals surface area contributed by atoms with Crippen LogP contribution in [-0.2, 0) is 9.84 Å². The van der Waals surface area contributed by atoms with E-state index in [1.165, 1.54) is 0 Å². The van der Waals surface area contributed by atoms with Gasteiger partial charge in [-0.3, -0.25) is 0 Å². The van der Waals surface area contributed by atoms with Crippen LogP contribution in [0.5, 0.6) is 0 Å². The van der Waals surface area contributed by atoms with Crippen molar-refractivity contribution in [3.63, 3.8) is 0 Å². The SMILES string of the molecule is C=CCC(C)S(=O)(=O)c1ccccc1. The van der Waals surface area contributed by atoms with E-state index in [2.05, 4.69) is 6.58 Å². The summed E-state index contributed by atoms with van der Waals surface area (Å²) >= 11 is 0. The van der Waals surface area contributed by atoms with Gasteiger partial charge in [0.25, 0.3) is 0 Å². The van der Waals surface area contributed by atoms with Crippen LogP contribution in [0.2, 0.25) is 0 Å². The molecule has 1 aromatic carbocycles. The van der Waals surface area contributed by atoms with Crippen LogP contribution in [0, 0.1) is 0 Å². The topological polar surface area (TPSA) is 34.1 Å². The van der Waals surface area contributed by atoms with E-state index in [4.69, 9.17) is 0 Å². The van der Waals surface area contributed by atoms with Crippen molar-refractivity contribution >= 4 is 9.84 Å². The van der Waals surface area contributed by atoms with Gasteiger partial charge in [0.05, 0.1) is 10.1 Å². The third-order valence-electron chi connectivity index (χ3n) is 2.10. The zero-order valence-electron chi connectivity index (χ0n) is 8.18. The van der Waals surface area contributed by atoms with Crippen LogP contribution in [0.25, 0.3) is 0 Å². The summed E-state index contributed by atoms with van der Waals surface area (Å²) in [5, 5.41) is -0.401. The summed E-state index contributed by atoms with van der Waals surface area (Å²) in [4.78, 5) is 0.384. The molecule has 76 valence electrons. The van der Waals surface area contributed by atoms with Crippen LogP contribution in [-0.4, -0.2) is 13.7 Å². The van der Waals surface area contributed by atoms with Crippen LogP contribution in [0.1, 0.15) is 13.3 Å². The first-order chi connectivity index (χ1) is 6.59. The van der Waals surface area contributed by atoms with E-state index >= 15 is 0 Å². The molecule has 3 heteroatoms. The lowest BCUT2D eigenvalue weighted by Crippen LogP contribution is -2.16. The molecule has 0 spiro atoms. The molecule has 0 aliphatic carbocycles. The summed E-state index contributed by atoms with van der Waals surface area (Å²) < 4.78 is 23.7. The first kappa shape index (κ1) is 11.0. The lowest BCUT2D eigenvalue weighted by atomic mass is 10.3. The molecule has 14 heavy (non-hydrogen) atoms. The summed E-state index contributed by atoms with van der Waals surface area (Å²) in [5.74, 6) is 0. The Labute approximate surface area is 85.2 Å². The summed E-state index contributed by atoms with van der Waals surface area (Å²) in [7, 11) is -3.17. The second-order valence-corrected chi connectivity index (χ2v) is 5.56. The minimum atomic E-state index is -3.17. The molecule has 0 saturated carbocycles. The summed E-state index contributed by atoms with van der Waals surface area (Å²) in [6.07, 6.45) is 2.11. The van der Waals surface area contributed by atoms with Crippen molar-refractivity contribution in [3.8, 4) is 0 Å². The van der Waals surface area contributed by atoms with Crippen LogP contribution in [0.3, 0.4) is 0 Å². The molecule has 0 saturated heterocycles. The zero-order valence-corrected chi connectivity index (χ0v) is 9.00. The second kappa shape index (κ2) is 4.42. The Morgan fingerprint density at radius 1 is 1.36 bits per heavy atom. The van der Waals surface area contributed by atoms with Crippen molar-refractivity contribution in [2.24, 2.45) is 0 Å². The van der Waals surface area contributed by atoms with Gasteiger partial charge < -0.3 is 0 Å². The van der Waals surface area contributed by atoms with Crippen LogP contribution >= 0.6 is 0 Å². The highest BCUT2D eigenvalue weighted by molar-refractivity contribution is 7.92. The van der Waals surface area contributed by atoms with Gasteiger partial charge in [-0.1, -0.05) is 24.3 Å². The van der Waals surface area contributed by atoms with Gasteiger partial charge in [-0.25, -0.2) is 8.42 Å². The fourth-order valence-corrected chi connectivity index (χ4v) is 2.59. The van der Waals surface area contributed by atoms with E-state index in [-0.39, 0.29) is 0 Å². The molecule has 1 unspecified atom stereocenters. The van der Waals surface area contributed by atoms with Crippen molar-refractivity contribution in [2.45, 2.75) is 23.5 Å². The Kier molecular flexibility index (Phi) is 3.47. The molecule has 0 fully saturated rings. The normalized spacial score (nSPS) is 13.5. The molecule has 2 nitrogen and oxygen atoms in total. The molecule has 0 heterocycles. The van der Waals surface area contributed by atoms with Gasteiger partial charge in [-0.15, -0.1) is 6.58 Å². The summed E-state index contributed by atoms with van der Waals surface area (Å²) in [5.41, 5.74) is 0. The molecule has 0 aromatic heterocycles. The number of hydrogen-bond acceptors (Lipinski definition) is 2. The molecular weight excluding hydrogens is 196 g/mol. The Hall–Kier alpha value is -1.09. The van der Waals surface area contributed by atoms with Gasteiger partial charge in [-0.05, 0) is 25.5 Å². The van der Waals surface area contributed by atoms with Crippen molar-refractivity contribution in [3.05, 3.63) is 43.0 Å². The number of hydrogen-bond donors (Lipinski definition) is 0. The van der Waals surface area contributed by atoms with Gasteiger partial charge in [0.2, 0.25) is 0 Å². The highest BCUT2D eigenvalue weighted by Gasteiger charge is 2.21. The van der Waals surface area contributed by atoms with Gasteiger partial charge in [0.1, 0.15) is 0 Å². The molecule has 0 bridgehead atoms. The Morgan fingerprint density at radius 2 is 1.93 bits per heavy atom. The van der Waals surface area contributed by atoms with E-state index < -0.39 is 15.1 Å². The molecular formula is C11H14O2S. The summed E-state index contributed by atoms with van der Waals surface area (Å²) in [6, 6.07) is 8.50. The average Bonchev–Trinajstić information content (AvgIpc) is 2.19. The number of allylic oxidation sites excluding steroid dienone is 1. The van der Waals surface area contributed by atoms with E-state index in [1.54, 1.807) is 43.3 Å². The highest BCUT2D eigenvalue weighted by atomic mass is 32.2. The zero-order chi connectivity index (χ0) is 10.6. The van der Waals surface area contributed by atoms with Crippen molar-refractivity contribution < 1.29 is 8.42 Å². The number of sulfone groups is 1. The Bertz CT molecular complexity index is 393. The van der Waals surface area contributed by atoms with Crippen molar-refractivity contribution in [1.29, 1.82) is 0 Å². The van der Waals surface area contributed by atoms with Crippen LogP contribution in [0.15, 0.2) is 47.9 Å². The lowest BCUT2D eigenvalue weighted by Gasteiger charge is -2.10. The summed E-state index contributed by atoms with van der Waals surface area (Å²) in [6.45, 7) is 5.24. The first-order valence-corrected chi connectivity index (χ1v) is 6.03. The third-order valence-corrected chi connectivity index (χ3v) is 4.28. The van der Waals surface area contributed by atoms with Gasteiger partial charge in [0.15, 0.2) is 9.84 Å². The molecule has 1 aromatic rings. The Balaban J connectivity index is 3.03. The highest BCUT2D eigenvalue weighted by Crippen LogP contribution is 2.17. The smallest absolute Gasteiger partial charge is 0.181 e. The molecule has 0 aliphatic rings. The Morgan fingerprint density at radius 3 is 2.43 bits per heavy atom. The predicted octanol–water partition coefficient (Wildman–Crippen LogP) is 2.42. The minimum absolute atomic E-state index is 0.384. The fourth-order valence-electron chi connectivity index (χ4n) is 1.20. The minimum Gasteiger partial charge on any atom is -0.223 e. The van der Waals surface area contributed by atoms with Gasteiger partial charge >= 0.3 is 0 Å². The molecule has 0 radical (unpaired) electrons. The van der Waals surface area contributed by atoms with E-state index in [0.29, 0.717) is 11.3 Å². The van der Waals surface area contributed by atoms with E-state index in [1.807, 2.05) is 0 Å². The fraction of sp³-hybridized carbons (Fsp3) is 0.273. The number of benzene rings is 1. The lowest BCUT2D eigenvalue weighted by molar-refractivity contribution is 0.583. The van der Waals surface area contributed by atoms with Crippen molar-refractivity contribution in [1.82, 2.24) is 0 Å². The maximum absolute atomic E-state index is 11.9. The standard InChI is InChI=1S/C11H14O2S/c1-3-7-10(2)14(12,13)11-8-5-4-6-9-11/h3-6,8-10H,1,7H2,2H3. The molecule has 1 rings (SSSR count). The quantitative estimate of drug-likeness (QED) is 0.715. The van der Waals surface area contributed by atoms with Crippen LogP contribution < -0.4 is 0 Å². The third kappa shape index (κ3) is 2.23. The van der Waals surface area contributed by atoms with Crippen LogP contribution in [0.4, 0.5) is 0 Å². The van der Waals surface area contributed by atoms with E-state index in [9.17, 15) is 8.42 Å². The average molecular weight is 210 g/mol. The molecule has 0 N–H and O–H groups in total. The monoisotopic (exact) mass is 210 g/mol. The molecule has 0 aliphatic heterocycles. The largest absolute Gasteiger partial charge is 0.223 e. The van der Waals surface area contributed by atoms with Gasteiger partial charge in [0, 0.05) is 0 Å². The predicted molar refractivity (Wildman–Crippen MR) is 57.9 cm³/mol. The number of rotatable bonds is 4. The maximum atomic E-state index is 11.9. The first-order valence-electron chi connectivity index (χ1n) is 4.49. The van der Waals surface area contributed by atoms with Crippen molar-refractivity contribution in [2.75, 3.05) is 0 Å².